The van der Waals surface area contributed by atoms with Gasteiger partial charge in [0, 0.05) is 26.1 Å². The molecule has 3 N–H and O–H groups in total. The van der Waals surface area contributed by atoms with Gasteiger partial charge in [0.05, 0.1) is 12.8 Å². The molecule has 2 aliphatic heterocycles. The zero-order valence-corrected chi connectivity index (χ0v) is 18.0. The second-order valence-corrected chi connectivity index (χ2v) is 8.56. The van der Waals surface area contributed by atoms with E-state index < -0.39 is 11.9 Å². The van der Waals surface area contributed by atoms with Gasteiger partial charge in [-0.1, -0.05) is 26.0 Å². The van der Waals surface area contributed by atoms with Crippen molar-refractivity contribution in [2.75, 3.05) is 32.1 Å². The summed E-state index contributed by atoms with van der Waals surface area (Å²) in [6, 6.07) is 6.56. The second-order valence-electron chi connectivity index (χ2n) is 8.56. The lowest BCUT2D eigenvalue weighted by Gasteiger charge is -2.37. The molecule has 0 bridgehead atoms. The summed E-state index contributed by atoms with van der Waals surface area (Å²) in [5.74, 6) is 0.556. The van der Waals surface area contributed by atoms with Gasteiger partial charge in [-0.2, -0.15) is 0 Å². The van der Waals surface area contributed by atoms with Crippen LogP contribution in [0.15, 0.2) is 24.3 Å². The Bertz CT molecular complexity index is 797. The van der Waals surface area contributed by atoms with E-state index in [2.05, 4.69) is 5.32 Å². The standard InChI is InChI=1S/C22H32N4O4/c1-14(2)20(21(23)28)26-11-9-16-13-25(10-8-15(16)12-19(26)27)22(29)24-17-6-4-5-7-18(17)30-3/h4-7,14-16,20H,8-13H2,1-3H3,(H2,23,28)(H,24,29). The van der Waals surface area contributed by atoms with E-state index in [4.69, 9.17) is 10.5 Å². The van der Waals surface area contributed by atoms with Gasteiger partial charge in [-0.25, -0.2) is 4.79 Å². The number of primary amides is 1. The van der Waals surface area contributed by atoms with Crippen LogP contribution in [-0.2, 0) is 9.59 Å². The first-order valence-electron chi connectivity index (χ1n) is 10.6. The molecule has 0 radical (unpaired) electrons. The zero-order chi connectivity index (χ0) is 21.8. The smallest absolute Gasteiger partial charge is 0.321 e. The average molecular weight is 417 g/mol. The lowest BCUT2D eigenvalue weighted by Crippen LogP contribution is -2.50. The first-order valence-corrected chi connectivity index (χ1v) is 10.6. The van der Waals surface area contributed by atoms with E-state index in [1.165, 1.54) is 0 Å². The highest BCUT2D eigenvalue weighted by atomic mass is 16.5. The van der Waals surface area contributed by atoms with E-state index in [1.54, 1.807) is 18.1 Å². The van der Waals surface area contributed by atoms with Gasteiger partial charge in [0.25, 0.3) is 0 Å². The van der Waals surface area contributed by atoms with Crippen LogP contribution in [0.25, 0.3) is 0 Å². The summed E-state index contributed by atoms with van der Waals surface area (Å²) in [4.78, 5) is 41.1. The van der Waals surface area contributed by atoms with E-state index in [-0.39, 0.29) is 29.7 Å². The Hall–Kier alpha value is -2.77. The molecule has 0 saturated carbocycles. The number of ether oxygens (including phenoxy) is 1. The minimum absolute atomic E-state index is 0.00748. The van der Waals surface area contributed by atoms with Crippen LogP contribution in [0.4, 0.5) is 10.5 Å². The van der Waals surface area contributed by atoms with E-state index in [1.807, 2.05) is 36.9 Å². The van der Waals surface area contributed by atoms with Gasteiger partial charge in [0.2, 0.25) is 11.8 Å². The third kappa shape index (κ3) is 4.68. The highest BCUT2D eigenvalue weighted by molar-refractivity contribution is 5.91. The Morgan fingerprint density at radius 2 is 1.87 bits per heavy atom. The monoisotopic (exact) mass is 416 g/mol. The minimum Gasteiger partial charge on any atom is -0.495 e. The Balaban J connectivity index is 1.66. The molecule has 2 fully saturated rings. The van der Waals surface area contributed by atoms with Crippen LogP contribution in [0.2, 0.25) is 0 Å². The molecule has 0 aliphatic carbocycles. The fourth-order valence-electron chi connectivity index (χ4n) is 4.71. The van der Waals surface area contributed by atoms with Crippen LogP contribution < -0.4 is 15.8 Å². The van der Waals surface area contributed by atoms with Gasteiger partial charge in [-0.15, -0.1) is 0 Å². The largest absolute Gasteiger partial charge is 0.495 e. The van der Waals surface area contributed by atoms with Crippen molar-refractivity contribution in [3.8, 4) is 5.75 Å². The molecule has 3 atom stereocenters. The molecule has 8 heteroatoms. The molecule has 2 saturated heterocycles. The Morgan fingerprint density at radius 3 is 2.53 bits per heavy atom. The molecule has 2 heterocycles. The van der Waals surface area contributed by atoms with Crippen molar-refractivity contribution in [2.45, 2.75) is 39.2 Å². The predicted molar refractivity (Wildman–Crippen MR) is 114 cm³/mol. The number of amides is 4. The number of hydrogen-bond acceptors (Lipinski definition) is 4. The van der Waals surface area contributed by atoms with Crippen LogP contribution in [0.3, 0.4) is 0 Å². The maximum Gasteiger partial charge on any atom is 0.321 e. The molecule has 0 aromatic heterocycles. The highest BCUT2D eigenvalue weighted by Gasteiger charge is 2.40. The highest BCUT2D eigenvalue weighted by Crippen LogP contribution is 2.34. The van der Waals surface area contributed by atoms with Crippen LogP contribution in [0, 0.1) is 17.8 Å². The molecule has 30 heavy (non-hydrogen) atoms. The van der Waals surface area contributed by atoms with Crippen molar-refractivity contribution in [2.24, 2.45) is 23.5 Å². The molecule has 8 nitrogen and oxygen atoms in total. The molecule has 164 valence electrons. The third-order valence-electron chi connectivity index (χ3n) is 6.28. The number of nitrogens with one attached hydrogen (secondary N) is 1. The molecular formula is C22H32N4O4. The number of likely N-dealkylation sites (tertiary alicyclic amines) is 2. The lowest BCUT2D eigenvalue weighted by atomic mass is 9.82. The average Bonchev–Trinajstić information content (AvgIpc) is 2.86. The lowest BCUT2D eigenvalue weighted by molar-refractivity contribution is -0.141. The maximum atomic E-state index is 12.9. The molecule has 1 aromatic rings. The number of anilines is 1. The predicted octanol–water partition coefficient (Wildman–Crippen LogP) is 2.30. The maximum absolute atomic E-state index is 12.9. The number of benzene rings is 1. The number of rotatable bonds is 5. The van der Waals surface area contributed by atoms with E-state index in [0.29, 0.717) is 37.5 Å². The Labute approximate surface area is 177 Å². The van der Waals surface area contributed by atoms with Gasteiger partial charge in [-0.05, 0) is 42.7 Å². The molecule has 4 amide bonds. The summed E-state index contributed by atoms with van der Waals surface area (Å²) in [5, 5.41) is 2.93. The summed E-state index contributed by atoms with van der Waals surface area (Å²) in [5.41, 5.74) is 6.22. The minimum atomic E-state index is -0.581. The van der Waals surface area contributed by atoms with Crippen LogP contribution in [0.1, 0.15) is 33.1 Å². The quantitative estimate of drug-likeness (QED) is 0.768. The third-order valence-corrected chi connectivity index (χ3v) is 6.28. The van der Waals surface area contributed by atoms with Gasteiger partial charge >= 0.3 is 6.03 Å². The number of piperidine rings is 1. The van der Waals surface area contributed by atoms with Gasteiger partial charge in [0.15, 0.2) is 0 Å². The van der Waals surface area contributed by atoms with Gasteiger partial charge < -0.3 is 25.6 Å². The number of nitrogens with two attached hydrogens (primary N) is 1. The Kier molecular flexibility index (Phi) is 6.84. The molecule has 3 unspecified atom stereocenters. The van der Waals surface area contributed by atoms with Crippen molar-refractivity contribution in [3.63, 3.8) is 0 Å². The SMILES string of the molecule is COc1ccccc1NC(=O)N1CCC2CC(=O)N(C(C(N)=O)C(C)C)CCC2C1. The van der Waals surface area contributed by atoms with Crippen LogP contribution in [-0.4, -0.2) is 60.4 Å². The van der Waals surface area contributed by atoms with Crippen molar-refractivity contribution >= 4 is 23.5 Å². The van der Waals surface area contributed by atoms with E-state index in [9.17, 15) is 14.4 Å². The summed E-state index contributed by atoms with van der Waals surface area (Å²) < 4.78 is 5.31. The zero-order valence-electron chi connectivity index (χ0n) is 18.0. The van der Waals surface area contributed by atoms with E-state index in [0.717, 1.165) is 12.8 Å². The van der Waals surface area contributed by atoms with Crippen molar-refractivity contribution < 1.29 is 19.1 Å². The Morgan fingerprint density at radius 1 is 1.17 bits per heavy atom. The van der Waals surface area contributed by atoms with Crippen molar-refractivity contribution in [1.82, 2.24) is 9.80 Å². The first-order chi connectivity index (χ1) is 14.3. The number of carbonyl (C=O) groups is 3. The van der Waals surface area contributed by atoms with Crippen molar-refractivity contribution in [1.29, 1.82) is 0 Å². The fraction of sp³-hybridized carbons (Fsp3) is 0.591. The number of carbonyl (C=O) groups excluding carboxylic acids is 3. The molecule has 0 spiro atoms. The summed E-state index contributed by atoms with van der Waals surface area (Å²) in [6.45, 7) is 5.50. The number of para-hydroxylation sites is 2. The first kappa shape index (κ1) is 21.9. The normalized spacial score (nSPS) is 22.9. The number of methoxy groups -OCH3 is 1. The van der Waals surface area contributed by atoms with Crippen LogP contribution in [0.5, 0.6) is 5.75 Å². The topological polar surface area (TPSA) is 105 Å². The number of hydrogen-bond donors (Lipinski definition) is 2. The number of urea groups is 1. The number of fused-ring (bicyclic) bond motifs is 1. The fourth-order valence-corrected chi connectivity index (χ4v) is 4.71. The summed E-state index contributed by atoms with van der Waals surface area (Å²) in [7, 11) is 1.57. The molecular weight excluding hydrogens is 384 g/mol. The molecule has 1 aromatic carbocycles. The van der Waals surface area contributed by atoms with Crippen LogP contribution >= 0.6 is 0 Å². The summed E-state index contributed by atoms with van der Waals surface area (Å²) >= 11 is 0. The molecule has 3 rings (SSSR count). The van der Waals surface area contributed by atoms with Crippen molar-refractivity contribution in [3.05, 3.63) is 24.3 Å². The van der Waals surface area contributed by atoms with Gasteiger partial charge in [0.1, 0.15) is 11.8 Å². The van der Waals surface area contributed by atoms with E-state index >= 15 is 0 Å². The summed E-state index contributed by atoms with van der Waals surface area (Å²) in [6.07, 6.45) is 1.93. The van der Waals surface area contributed by atoms with Gasteiger partial charge in [-0.3, -0.25) is 9.59 Å². The second kappa shape index (κ2) is 9.36. The number of nitrogens with zero attached hydrogens (tertiary/aromatic N) is 2. The molecule has 2 aliphatic rings.